The van der Waals surface area contributed by atoms with E-state index < -0.39 is 6.09 Å². The molecule has 0 saturated carbocycles. The van der Waals surface area contributed by atoms with Gasteiger partial charge in [0.2, 0.25) is 0 Å². The molecule has 3 aromatic rings. The van der Waals surface area contributed by atoms with Crippen molar-refractivity contribution in [1.82, 2.24) is 0 Å². The van der Waals surface area contributed by atoms with Gasteiger partial charge >= 0.3 is 6.09 Å². The molecule has 1 N–H and O–H groups in total. The molecule has 3 nitrogen and oxygen atoms in total. The van der Waals surface area contributed by atoms with Gasteiger partial charge in [-0.1, -0.05) is 66.7 Å². The standard InChI is InChI=1S/C21H17NO2/c23-21(22-15-8-2-1-3-9-15)24-14-20-18-12-6-4-10-16(18)17-11-5-7-13-19(17)20/h1-13,20H,14H2,(H,22,23). The van der Waals surface area contributed by atoms with Crippen LogP contribution in [0.5, 0.6) is 0 Å². The zero-order valence-corrected chi connectivity index (χ0v) is 13.1. The lowest BCUT2D eigenvalue weighted by atomic mass is 9.98. The second kappa shape index (κ2) is 6.20. The summed E-state index contributed by atoms with van der Waals surface area (Å²) in [6, 6.07) is 25.9. The molecule has 0 spiro atoms. The monoisotopic (exact) mass is 315 g/mol. The SMILES string of the molecule is O=C(Nc1ccccc1)OCC1c2ccccc2-c2ccccc21. The van der Waals surface area contributed by atoms with E-state index >= 15 is 0 Å². The number of fused-ring (bicyclic) bond motifs is 3. The molecule has 1 aliphatic carbocycles. The van der Waals surface area contributed by atoms with Crippen molar-refractivity contribution >= 4 is 11.8 Å². The molecule has 0 aromatic heterocycles. The molecule has 0 heterocycles. The Morgan fingerprint density at radius 2 is 1.33 bits per heavy atom. The van der Waals surface area contributed by atoms with Crippen molar-refractivity contribution in [2.45, 2.75) is 5.92 Å². The highest BCUT2D eigenvalue weighted by Crippen LogP contribution is 2.44. The number of anilines is 1. The van der Waals surface area contributed by atoms with Crippen LogP contribution in [0.25, 0.3) is 11.1 Å². The summed E-state index contributed by atoms with van der Waals surface area (Å²) in [5, 5.41) is 2.75. The van der Waals surface area contributed by atoms with Crippen LogP contribution in [0.3, 0.4) is 0 Å². The molecule has 4 rings (SSSR count). The second-order valence-corrected chi connectivity index (χ2v) is 5.82. The molecule has 0 unspecified atom stereocenters. The van der Waals surface area contributed by atoms with Crippen LogP contribution < -0.4 is 5.32 Å². The van der Waals surface area contributed by atoms with Gasteiger partial charge in [-0.25, -0.2) is 4.79 Å². The summed E-state index contributed by atoms with van der Waals surface area (Å²) in [4.78, 5) is 12.1. The molecular weight excluding hydrogens is 298 g/mol. The summed E-state index contributed by atoms with van der Waals surface area (Å²) in [7, 11) is 0. The lowest BCUT2D eigenvalue weighted by Crippen LogP contribution is -2.17. The molecule has 1 aliphatic rings. The molecule has 1 amide bonds. The van der Waals surface area contributed by atoms with E-state index in [2.05, 4.69) is 29.6 Å². The van der Waals surface area contributed by atoms with E-state index in [1.165, 1.54) is 22.3 Å². The van der Waals surface area contributed by atoms with Crippen LogP contribution in [0.4, 0.5) is 10.5 Å². The van der Waals surface area contributed by atoms with Crippen LogP contribution in [0, 0.1) is 0 Å². The van der Waals surface area contributed by atoms with Crippen molar-refractivity contribution in [3.8, 4) is 11.1 Å². The first-order valence-corrected chi connectivity index (χ1v) is 8.00. The highest BCUT2D eigenvalue weighted by atomic mass is 16.5. The molecule has 0 radical (unpaired) electrons. The molecule has 0 atom stereocenters. The third-order valence-corrected chi connectivity index (χ3v) is 4.36. The first-order chi connectivity index (χ1) is 11.8. The maximum absolute atomic E-state index is 12.1. The molecule has 0 saturated heterocycles. The molecule has 0 fully saturated rings. The van der Waals surface area contributed by atoms with Crippen molar-refractivity contribution in [2.75, 3.05) is 11.9 Å². The normalized spacial score (nSPS) is 12.3. The van der Waals surface area contributed by atoms with Gasteiger partial charge in [0, 0.05) is 11.6 Å². The molecular formula is C21H17NO2. The van der Waals surface area contributed by atoms with Gasteiger partial charge in [0.05, 0.1) is 0 Å². The number of para-hydroxylation sites is 1. The highest BCUT2D eigenvalue weighted by molar-refractivity contribution is 5.85. The van der Waals surface area contributed by atoms with E-state index in [1.54, 1.807) is 0 Å². The Morgan fingerprint density at radius 3 is 1.96 bits per heavy atom. The van der Waals surface area contributed by atoms with Crippen LogP contribution in [-0.2, 0) is 4.74 Å². The van der Waals surface area contributed by atoms with E-state index in [9.17, 15) is 4.79 Å². The lowest BCUT2D eigenvalue weighted by molar-refractivity contribution is 0.158. The topological polar surface area (TPSA) is 38.3 Å². The molecule has 24 heavy (non-hydrogen) atoms. The Balaban J connectivity index is 1.52. The van der Waals surface area contributed by atoms with Crippen LogP contribution >= 0.6 is 0 Å². The van der Waals surface area contributed by atoms with E-state index in [0.29, 0.717) is 6.61 Å². The molecule has 118 valence electrons. The maximum Gasteiger partial charge on any atom is 0.411 e. The van der Waals surface area contributed by atoms with Gasteiger partial charge in [-0.2, -0.15) is 0 Å². The number of rotatable bonds is 3. The summed E-state index contributed by atoms with van der Waals surface area (Å²) in [5.41, 5.74) is 5.61. The van der Waals surface area contributed by atoms with Gasteiger partial charge in [-0.3, -0.25) is 5.32 Å². The summed E-state index contributed by atoms with van der Waals surface area (Å²) < 4.78 is 5.49. The number of hydrogen-bond acceptors (Lipinski definition) is 2. The van der Waals surface area contributed by atoms with Crippen LogP contribution in [0.1, 0.15) is 17.0 Å². The van der Waals surface area contributed by atoms with E-state index in [1.807, 2.05) is 54.6 Å². The van der Waals surface area contributed by atoms with Gasteiger partial charge in [-0.05, 0) is 34.4 Å². The fourth-order valence-electron chi connectivity index (χ4n) is 3.27. The van der Waals surface area contributed by atoms with Gasteiger partial charge in [0.25, 0.3) is 0 Å². The van der Waals surface area contributed by atoms with Crippen molar-refractivity contribution in [3.63, 3.8) is 0 Å². The molecule has 3 aromatic carbocycles. The predicted octanol–water partition coefficient (Wildman–Crippen LogP) is 5.05. The first-order valence-electron chi connectivity index (χ1n) is 8.00. The van der Waals surface area contributed by atoms with E-state index in [-0.39, 0.29) is 5.92 Å². The quantitative estimate of drug-likeness (QED) is 0.734. The average molecular weight is 315 g/mol. The number of carbonyl (C=O) groups is 1. The minimum absolute atomic E-state index is 0.0823. The van der Waals surface area contributed by atoms with Crippen LogP contribution in [0.2, 0.25) is 0 Å². The van der Waals surface area contributed by atoms with Crippen molar-refractivity contribution < 1.29 is 9.53 Å². The fraction of sp³-hybridized carbons (Fsp3) is 0.0952. The van der Waals surface area contributed by atoms with Gasteiger partial charge < -0.3 is 4.74 Å². The molecule has 0 bridgehead atoms. The van der Waals surface area contributed by atoms with Crippen LogP contribution in [-0.4, -0.2) is 12.7 Å². The predicted molar refractivity (Wildman–Crippen MR) is 95.1 cm³/mol. The smallest absolute Gasteiger partial charge is 0.411 e. The third-order valence-electron chi connectivity index (χ3n) is 4.36. The Kier molecular flexibility index (Phi) is 3.75. The summed E-state index contributed by atoms with van der Waals surface area (Å²) in [5.74, 6) is 0.0823. The minimum atomic E-state index is -0.428. The summed E-state index contributed by atoms with van der Waals surface area (Å²) in [6.07, 6.45) is -0.428. The Hall–Kier alpha value is -3.07. The molecule has 0 aliphatic heterocycles. The highest BCUT2D eigenvalue weighted by Gasteiger charge is 2.28. The third kappa shape index (κ3) is 2.65. The van der Waals surface area contributed by atoms with Crippen molar-refractivity contribution in [3.05, 3.63) is 90.0 Å². The Morgan fingerprint density at radius 1 is 0.792 bits per heavy atom. The summed E-state index contributed by atoms with van der Waals surface area (Å²) in [6.45, 7) is 0.326. The maximum atomic E-state index is 12.1. The number of ether oxygens (including phenoxy) is 1. The van der Waals surface area contributed by atoms with Gasteiger partial charge in [0.1, 0.15) is 6.61 Å². The minimum Gasteiger partial charge on any atom is -0.448 e. The van der Waals surface area contributed by atoms with E-state index in [0.717, 1.165) is 5.69 Å². The number of carbonyl (C=O) groups excluding carboxylic acids is 1. The van der Waals surface area contributed by atoms with Gasteiger partial charge in [0.15, 0.2) is 0 Å². The van der Waals surface area contributed by atoms with E-state index in [4.69, 9.17) is 4.74 Å². The number of benzene rings is 3. The van der Waals surface area contributed by atoms with Gasteiger partial charge in [-0.15, -0.1) is 0 Å². The fourth-order valence-corrected chi connectivity index (χ4v) is 3.27. The molecule has 3 heteroatoms. The number of hydrogen-bond donors (Lipinski definition) is 1. The second-order valence-electron chi connectivity index (χ2n) is 5.82. The zero-order valence-electron chi connectivity index (χ0n) is 13.1. The summed E-state index contributed by atoms with van der Waals surface area (Å²) >= 11 is 0. The lowest BCUT2D eigenvalue weighted by Gasteiger charge is -2.14. The largest absolute Gasteiger partial charge is 0.448 e. The Labute approximate surface area is 140 Å². The van der Waals surface area contributed by atoms with Crippen molar-refractivity contribution in [1.29, 1.82) is 0 Å². The number of amides is 1. The zero-order chi connectivity index (χ0) is 16.4. The van der Waals surface area contributed by atoms with Crippen LogP contribution in [0.15, 0.2) is 78.9 Å². The average Bonchev–Trinajstić information content (AvgIpc) is 2.95. The number of nitrogens with one attached hydrogen (secondary N) is 1. The van der Waals surface area contributed by atoms with Crippen molar-refractivity contribution in [2.24, 2.45) is 0 Å². The first kappa shape index (κ1) is 14.5. The Bertz CT molecular complexity index is 828.